The van der Waals surface area contributed by atoms with Crippen LogP contribution in [0, 0.1) is 5.82 Å². The zero-order valence-corrected chi connectivity index (χ0v) is 11.6. The van der Waals surface area contributed by atoms with Gasteiger partial charge in [0.2, 0.25) is 0 Å². The molecule has 1 aliphatic rings. The normalized spacial score (nSPS) is 23.1. The van der Waals surface area contributed by atoms with E-state index in [2.05, 4.69) is 17.2 Å². The summed E-state index contributed by atoms with van der Waals surface area (Å²) in [5.74, 6) is 0.288. The lowest BCUT2D eigenvalue weighted by Gasteiger charge is -2.38. The van der Waals surface area contributed by atoms with Crippen LogP contribution in [-0.2, 0) is 0 Å². The number of nitrogens with one attached hydrogen (secondary N) is 1. The SMILES string of the molecule is C[C@@H](NC1CC(c2ccccc2F)C1)c1ccncc1. The van der Waals surface area contributed by atoms with Crippen molar-refractivity contribution in [1.29, 1.82) is 0 Å². The smallest absolute Gasteiger partial charge is 0.126 e. The van der Waals surface area contributed by atoms with Crippen molar-refractivity contribution in [2.24, 2.45) is 0 Å². The molecule has 0 saturated heterocycles. The van der Waals surface area contributed by atoms with E-state index in [1.807, 2.05) is 36.7 Å². The van der Waals surface area contributed by atoms with Crippen molar-refractivity contribution in [3.05, 3.63) is 65.7 Å². The molecule has 1 fully saturated rings. The summed E-state index contributed by atoms with van der Waals surface area (Å²) in [6, 6.07) is 12.0. The van der Waals surface area contributed by atoms with E-state index in [0.717, 1.165) is 18.4 Å². The first-order chi connectivity index (χ1) is 9.74. The molecule has 1 aliphatic carbocycles. The van der Waals surface area contributed by atoms with Crippen molar-refractivity contribution >= 4 is 0 Å². The second-order valence-corrected chi connectivity index (χ2v) is 5.56. The Morgan fingerprint density at radius 3 is 2.55 bits per heavy atom. The lowest BCUT2D eigenvalue weighted by molar-refractivity contribution is 0.266. The summed E-state index contributed by atoms with van der Waals surface area (Å²) in [7, 11) is 0. The van der Waals surface area contributed by atoms with Crippen LogP contribution in [0.25, 0.3) is 0 Å². The molecule has 1 aromatic heterocycles. The summed E-state index contributed by atoms with van der Waals surface area (Å²) < 4.78 is 13.7. The fourth-order valence-electron chi connectivity index (χ4n) is 2.92. The van der Waals surface area contributed by atoms with E-state index in [4.69, 9.17) is 0 Å². The Bertz CT molecular complexity index is 564. The molecule has 2 aromatic rings. The van der Waals surface area contributed by atoms with Gasteiger partial charge in [0.1, 0.15) is 5.82 Å². The van der Waals surface area contributed by atoms with Crippen LogP contribution in [0.2, 0.25) is 0 Å². The van der Waals surface area contributed by atoms with Gasteiger partial charge >= 0.3 is 0 Å². The summed E-state index contributed by atoms with van der Waals surface area (Å²) in [5, 5.41) is 3.60. The number of nitrogens with zero attached hydrogens (tertiary/aromatic N) is 1. The quantitative estimate of drug-likeness (QED) is 0.913. The van der Waals surface area contributed by atoms with Gasteiger partial charge in [0.15, 0.2) is 0 Å². The number of halogens is 1. The van der Waals surface area contributed by atoms with E-state index in [1.54, 1.807) is 12.1 Å². The van der Waals surface area contributed by atoms with Crippen LogP contribution < -0.4 is 5.32 Å². The van der Waals surface area contributed by atoms with Crippen LogP contribution in [0.4, 0.5) is 4.39 Å². The van der Waals surface area contributed by atoms with Gasteiger partial charge in [-0.2, -0.15) is 0 Å². The molecule has 0 spiro atoms. The van der Waals surface area contributed by atoms with Crippen LogP contribution in [0.15, 0.2) is 48.8 Å². The summed E-state index contributed by atoms with van der Waals surface area (Å²) >= 11 is 0. The molecule has 0 amide bonds. The maximum atomic E-state index is 13.7. The third-order valence-corrected chi connectivity index (χ3v) is 4.17. The van der Waals surface area contributed by atoms with Gasteiger partial charge in [-0.1, -0.05) is 18.2 Å². The molecule has 104 valence electrons. The van der Waals surface area contributed by atoms with Gasteiger partial charge < -0.3 is 5.32 Å². The van der Waals surface area contributed by atoms with Gasteiger partial charge in [0.05, 0.1) is 0 Å². The van der Waals surface area contributed by atoms with Crippen LogP contribution in [0.1, 0.15) is 42.9 Å². The molecule has 0 radical (unpaired) electrons. The second kappa shape index (κ2) is 5.71. The Labute approximate surface area is 119 Å². The van der Waals surface area contributed by atoms with Gasteiger partial charge in [0.25, 0.3) is 0 Å². The number of pyridine rings is 1. The number of rotatable bonds is 4. The molecule has 1 N–H and O–H groups in total. The van der Waals surface area contributed by atoms with Crippen LogP contribution in [0.3, 0.4) is 0 Å². The highest BCUT2D eigenvalue weighted by molar-refractivity contribution is 5.25. The molecule has 1 saturated carbocycles. The van der Waals surface area contributed by atoms with E-state index < -0.39 is 0 Å². The summed E-state index contributed by atoms with van der Waals surface area (Å²) in [6.45, 7) is 2.16. The van der Waals surface area contributed by atoms with Crippen molar-refractivity contribution < 1.29 is 4.39 Å². The van der Waals surface area contributed by atoms with Crippen LogP contribution in [-0.4, -0.2) is 11.0 Å². The van der Waals surface area contributed by atoms with E-state index in [-0.39, 0.29) is 5.82 Å². The van der Waals surface area contributed by atoms with Crippen molar-refractivity contribution in [1.82, 2.24) is 10.3 Å². The average molecular weight is 270 g/mol. The van der Waals surface area contributed by atoms with E-state index >= 15 is 0 Å². The van der Waals surface area contributed by atoms with E-state index in [0.29, 0.717) is 18.0 Å². The number of aromatic nitrogens is 1. The van der Waals surface area contributed by atoms with E-state index in [9.17, 15) is 4.39 Å². The summed E-state index contributed by atoms with van der Waals surface area (Å²) in [5.41, 5.74) is 2.11. The molecular formula is C17H19FN2. The molecule has 2 nitrogen and oxygen atoms in total. The molecule has 0 bridgehead atoms. The highest BCUT2D eigenvalue weighted by atomic mass is 19.1. The predicted molar refractivity (Wildman–Crippen MR) is 78.0 cm³/mol. The van der Waals surface area contributed by atoms with Crippen LogP contribution >= 0.6 is 0 Å². The Morgan fingerprint density at radius 1 is 1.15 bits per heavy atom. The molecule has 1 atom stereocenters. The lowest BCUT2D eigenvalue weighted by atomic mass is 9.75. The third kappa shape index (κ3) is 2.73. The molecule has 0 unspecified atom stereocenters. The minimum atomic E-state index is -0.0712. The Morgan fingerprint density at radius 2 is 1.85 bits per heavy atom. The van der Waals surface area contributed by atoms with Crippen molar-refractivity contribution in [3.63, 3.8) is 0 Å². The third-order valence-electron chi connectivity index (χ3n) is 4.17. The molecule has 0 aliphatic heterocycles. The van der Waals surface area contributed by atoms with Gasteiger partial charge in [-0.3, -0.25) is 4.98 Å². The first-order valence-electron chi connectivity index (χ1n) is 7.14. The zero-order valence-electron chi connectivity index (χ0n) is 11.6. The number of benzene rings is 1. The predicted octanol–water partition coefficient (Wildman–Crippen LogP) is 3.82. The Hall–Kier alpha value is -1.74. The fraction of sp³-hybridized carbons (Fsp3) is 0.353. The lowest BCUT2D eigenvalue weighted by Crippen LogP contribution is -2.41. The van der Waals surface area contributed by atoms with E-state index in [1.165, 1.54) is 5.56 Å². The topological polar surface area (TPSA) is 24.9 Å². The standard InChI is InChI=1S/C17H19FN2/c1-12(13-6-8-19-9-7-13)20-15-10-14(11-15)16-4-2-3-5-17(16)18/h2-9,12,14-15,20H,10-11H2,1H3/t12-,14?,15?/m1/s1. The highest BCUT2D eigenvalue weighted by Gasteiger charge is 2.32. The minimum absolute atomic E-state index is 0.0712. The first-order valence-corrected chi connectivity index (χ1v) is 7.14. The molecule has 3 rings (SSSR count). The van der Waals surface area contributed by atoms with Crippen molar-refractivity contribution in [2.75, 3.05) is 0 Å². The molecular weight excluding hydrogens is 251 g/mol. The molecule has 1 heterocycles. The summed E-state index contributed by atoms with van der Waals surface area (Å²) in [4.78, 5) is 4.03. The monoisotopic (exact) mass is 270 g/mol. The summed E-state index contributed by atoms with van der Waals surface area (Å²) in [6.07, 6.45) is 5.65. The van der Waals surface area contributed by atoms with Gasteiger partial charge in [0, 0.05) is 24.5 Å². The molecule has 1 aromatic carbocycles. The Balaban J connectivity index is 1.55. The second-order valence-electron chi connectivity index (χ2n) is 5.56. The highest BCUT2D eigenvalue weighted by Crippen LogP contribution is 2.38. The minimum Gasteiger partial charge on any atom is -0.307 e. The number of hydrogen-bond donors (Lipinski definition) is 1. The maximum absolute atomic E-state index is 13.7. The zero-order chi connectivity index (χ0) is 13.9. The maximum Gasteiger partial charge on any atom is 0.126 e. The Kier molecular flexibility index (Phi) is 3.79. The fourth-order valence-corrected chi connectivity index (χ4v) is 2.92. The van der Waals surface area contributed by atoms with Crippen molar-refractivity contribution in [3.8, 4) is 0 Å². The van der Waals surface area contributed by atoms with Crippen LogP contribution in [0.5, 0.6) is 0 Å². The number of hydrogen-bond acceptors (Lipinski definition) is 2. The average Bonchev–Trinajstić information content (AvgIpc) is 2.44. The van der Waals surface area contributed by atoms with Gasteiger partial charge in [-0.15, -0.1) is 0 Å². The van der Waals surface area contributed by atoms with Crippen molar-refractivity contribution in [2.45, 2.75) is 37.8 Å². The first kappa shape index (κ1) is 13.3. The van der Waals surface area contributed by atoms with Gasteiger partial charge in [-0.25, -0.2) is 4.39 Å². The largest absolute Gasteiger partial charge is 0.307 e. The van der Waals surface area contributed by atoms with Gasteiger partial charge in [-0.05, 0) is 55.0 Å². The molecule has 3 heteroatoms. The molecule has 20 heavy (non-hydrogen) atoms.